The number of rotatable bonds is 4. The van der Waals surface area contributed by atoms with E-state index in [4.69, 9.17) is 27.9 Å². The first-order valence-corrected chi connectivity index (χ1v) is 6.46. The number of amidine groups is 1. The molecule has 0 saturated heterocycles. The average molecular weight is 286 g/mol. The van der Waals surface area contributed by atoms with Crippen molar-refractivity contribution in [2.24, 2.45) is 9.98 Å². The summed E-state index contributed by atoms with van der Waals surface area (Å²) in [5.41, 5.74) is 0.0993. The third kappa shape index (κ3) is 2.44. The molecule has 6 heteroatoms. The minimum atomic E-state index is -0.802. The minimum absolute atomic E-state index is 0.248. The van der Waals surface area contributed by atoms with Gasteiger partial charge in [0.15, 0.2) is 5.66 Å². The van der Waals surface area contributed by atoms with Crippen LogP contribution in [-0.4, -0.2) is 31.0 Å². The fourth-order valence-electron chi connectivity index (χ4n) is 1.70. The van der Waals surface area contributed by atoms with Crippen LogP contribution in [0.2, 0.25) is 0 Å². The topological polar surface area (TPSA) is 46.0 Å². The van der Waals surface area contributed by atoms with E-state index in [-0.39, 0.29) is 5.88 Å². The molecular weight excluding hydrogens is 273 g/mol. The van der Waals surface area contributed by atoms with Crippen molar-refractivity contribution in [1.82, 2.24) is 5.32 Å². The Kier molecular flexibility index (Phi) is 4.09. The van der Waals surface area contributed by atoms with Gasteiger partial charge in [-0.3, -0.25) is 0 Å². The van der Waals surface area contributed by atoms with Gasteiger partial charge in [-0.1, -0.05) is 12.1 Å². The number of benzene rings is 1. The van der Waals surface area contributed by atoms with Gasteiger partial charge < -0.3 is 10.1 Å². The number of alkyl halides is 2. The van der Waals surface area contributed by atoms with Crippen molar-refractivity contribution in [3.05, 3.63) is 29.8 Å². The van der Waals surface area contributed by atoms with E-state index in [1.54, 1.807) is 13.4 Å². The average Bonchev–Trinajstić information content (AvgIpc) is 2.47. The normalized spacial score (nSPS) is 22.3. The second kappa shape index (κ2) is 5.59. The molecule has 0 saturated carbocycles. The van der Waals surface area contributed by atoms with Crippen molar-refractivity contribution in [1.29, 1.82) is 0 Å². The number of aliphatic imine (C=N–C) groups is 2. The lowest BCUT2D eigenvalue weighted by atomic mass is 10.0. The van der Waals surface area contributed by atoms with E-state index in [9.17, 15) is 0 Å². The SMILES string of the molecule is COc1ccc(C2(CCl)N=CNC(CCl)=N2)cc1. The van der Waals surface area contributed by atoms with Gasteiger partial charge in [0.2, 0.25) is 0 Å². The molecule has 1 heterocycles. The van der Waals surface area contributed by atoms with E-state index >= 15 is 0 Å². The van der Waals surface area contributed by atoms with Crippen molar-refractivity contribution in [2.75, 3.05) is 18.9 Å². The highest BCUT2D eigenvalue weighted by molar-refractivity contribution is 6.29. The number of hydrogen-bond acceptors (Lipinski definition) is 4. The molecule has 0 radical (unpaired) electrons. The maximum atomic E-state index is 6.04. The Bertz CT molecular complexity index is 473. The zero-order valence-electron chi connectivity index (χ0n) is 9.86. The van der Waals surface area contributed by atoms with Gasteiger partial charge in [0.25, 0.3) is 0 Å². The van der Waals surface area contributed by atoms with E-state index in [1.165, 1.54) is 0 Å². The summed E-state index contributed by atoms with van der Waals surface area (Å²) in [5, 5.41) is 2.89. The Balaban J connectivity index is 2.39. The smallest absolute Gasteiger partial charge is 0.192 e. The van der Waals surface area contributed by atoms with Crippen LogP contribution >= 0.6 is 23.2 Å². The first-order chi connectivity index (χ1) is 8.74. The van der Waals surface area contributed by atoms with Gasteiger partial charge >= 0.3 is 0 Å². The molecule has 1 unspecified atom stereocenters. The van der Waals surface area contributed by atoms with Crippen molar-refractivity contribution in [3.8, 4) is 5.75 Å². The Labute approximate surface area is 116 Å². The van der Waals surface area contributed by atoms with E-state index in [1.807, 2.05) is 24.3 Å². The van der Waals surface area contributed by atoms with E-state index < -0.39 is 5.66 Å². The molecule has 0 aliphatic carbocycles. The Morgan fingerprint density at radius 1 is 1.28 bits per heavy atom. The largest absolute Gasteiger partial charge is 0.497 e. The van der Waals surface area contributed by atoms with Crippen LogP contribution in [0.25, 0.3) is 0 Å². The highest BCUT2D eigenvalue weighted by Crippen LogP contribution is 2.31. The van der Waals surface area contributed by atoms with Crippen molar-refractivity contribution < 1.29 is 4.74 Å². The lowest BCUT2D eigenvalue weighted by Gasteiger charge is -2.27. The number of nitrogens with one attached hydrogen (secondary N) is 1. The van der Waals surface area contributed by atoms with E-state index in [0.29, 0.717) is 11.7 Å². The molecule has 18 heavy (non-hydrogen) atoms. The third-order valence-corrected chi connectivity index (χ3v) is 3.32. The molecule has 1 atom stereocenters. The number of hydrogen-bond donors (Lipinski definition) is 1. The van der Waals surface area contributed by atoms with Gasteiger partial charge in [-0.05, 0) is 12.1 Å². The van der Waals surface area contributed by atoms with Crippen LogP contribution in [0.4, 0.5) is 0 Å². The second-order valence-electron chi connectivity index (χ2n) is 3.77. The summed E-state index contributed by atoms with van der Waals surface area (Å²) in [6.07, 6.45) is 1.58. The van der Waals surface area contributed by atoms with E-state index in [2.05, 4.69) is 15.3 Å². The van der Waals surface area contributed by atoms with Crippen molar-refractivity contribution >= 4 is 35.4 Å². The quantitative estimate of drug-likeness (QED) is 0.864. The molecule has 0 spiro atoms. The van der Waals surface area contributed by atoms with Crippen LogP contribution < -0.4 is 10.1 Å². The van der Waals surface area contributed by atoms with Gasteiger partial charge in [-0.2, -0.15) is 0 Å². The first-order valence-electron chi connectivity index (χ1n) is 5.39. The van der Waals surface area contributed by atoms with Gasteiger partial charge in [0.1, 0.15) is 11.6 Å². The molecule has 1 N–H and O–H groups in total. The molecule has 1 aliphatic rings. The monoisotopic (exact) mass is 285 g/mol. The maximum Gasteiger partial charge on any atom is 0.192 e. The molecule has 0 aromatic heterocycles. The molecule has 2 rings (SSSR count). The summed E-state index contributed by atoms with van der Waals surface area (Å²) in [4.78, 5) is 8.83. The van der Waals surface area contributed by atoms with Crippen molar-refractivity contribution in [3.63, 3.8) is 0 Å². The predicted molar refractivity (Wildman–Crippen MR) is 75.2 cm³/mol. The molecule has 1 aliphatic heterocycles. The molecular formula is C12H13Cl2N3O. The molecule has 0 fully saturated rings. The molecule has 96 valence electrons. The second-order valence-corrected chi connectivity index (χ2v) is 4.31. The minimum Gasteiger partial charge on any atom is -0.497 e. The molecule has 0 bridgehead atoms. The first kappa shape index (κ1) is 13.2. The fraction of sp³-hybridized carbons (Fsp3) is 0.333. The zero-order chi connectivity index (χ0) is 13.0. The molecule has 4 nitrogen and oxygen atoms in total. The van der Waals surface area contributed by atoms with Crippen LogP contribution in [0.15, 0.2) is 34.3 Å². The van der Waals surface area contributed by atoms with Gasteiger partial charge in [-0.15, -0.1) is 23.2 Å². The van der Waals surface area contributed by atoms with Crippen LogP contribution in [0.3, 0.4) is 0 Å². The number of methoxy groups -OCH3 is 1. The van der Waals surface area contributed by atoms with E-state index in [0.717, 1.165) is 11.3 Å². The van der Waals surface area contributed by atoms with Crippen molar-refractivity contribution in [2.45, 2.75) is 5.66 Å². The highest BCUT2D eigenvalue weighted by atomic mass is 35.5. The standard InChI is InChI=1S/C12H13Cl2N3O/c1-18-10-4-2-9(3-5-10)12(7-14)16-8-15-11(6-13)17-12/h2-5,8H,6-7H2,1H3,(H,15,16,17). The number of halogens is 2. The molecule has 1 aromatic rings. The number of ether oxygens (including phenoxy) is 1. The van der Waals surface area contributed by atoms with Crippen LogP contribution in [0.1, 0.15) is 5.56 Å². The summed E-state index contributed by atoms with van der Waals surface area (Å²) in [6.45, 7) is 0. The Morgan fingerprint density at radius 2 is 2.00 bits per heavy atom. The third-order valence-electron chi connectivity index (χ3n) is 2.69. The lowest BCUT2D eigenvalue weighted by molar-refractivity contribution is 0.414. The van der Waals surface area contributed by atoms with Crippen LogP contribution in [0.5, 0.6) is 5.75 Å². The Hall–Kier alpha value is -1.26. The molecule has 0 amide bonds. The summed E-state index contributed by atoms with van der Waals surface area (Å²) in [5.74, 6) is 1.98. The summed E-state index contributed by atoms with van der Waals surface area (Å²) >= 11 is 11.8. The lowest BCUT2D eigenvalue weighted by Crippen LogP contribution is -2.37. The predicted octanol–water partition coefficient (Wildman–Crippen LogP) is 2.36. The van der Waals surface area contributed by atoms with Gasteiger partial charge in [-0.25, -0.2) is 9.98 Å². The zero-order valence-corrected chi connectivity index (χ0v) is 11.4. The molecule has 1 aromatic carbocycles. The summed E-state index contributed by atoms with van der Waals surface area (Å²) < 4.78 is 5.12. The van der Waals surface area contributed by atoms with Gasteiger partial charge in [0.05, 0.1) is 25.2 Å². The fourth-order valence-corrected chi connectivity index (χ4v) is 2.12. The summed E-state index contributed by atoms with van der Waals surface area (Å²) in [7, 11) is 1.62. The Morgan fingerprint density at radius 3 is 2.56 bits per heavy atom. The highest BCUT2D eigenvalue weighted by Gasteiger charge is 2.32. The maximum absolute atomic E-state index is 6.04. The van der Waals surface area contributed by atoms with Gasteiger partial charge in [0, 0.05) is 5.56 Å². The number of nitrogens with zero attached hydrogens (tertiary/aromatic N) is 2. The van der Waals surface area contributed by atoms with Crippen LogP contribution in [-0.2, 0) is 5.66 Å². The van der Waals surface area contributed by atoms with Crippen LogP contribution in [0, 0.1) is 0 Å². The summed E-state index contributed by atoms with van der Waals surface area (Å²) in [6, 6.07) is 7.52.